The lowest BCUT2D eigenvalue weighted by Gasteiger charge is -2.16. The highest BCUT2D eigenvalue weighted by atomic mass is 32.5. The van der Waals surface area contributed by atoms with Crippen molar-refractivity contribution in [2.75, 3.05) is 12.3 Å². The second-order valence-corrected chi connectivity index (χ2v) is 8.02. The van der Waals surface area contributed by atoms with Crippen molar-refractivity contribution in [3.05, 3.63) is 12.7 Å². The zero-order chi connectivity index (χ0) is 15.7. The average Bonchev–Trinajstić information content (AvgIpc) is 3.04. The molecule has 3 heterocycles. The van der Waals surface area contributed by atoms with Gasteiger partial charge < -0.3 is 19.9 Å². The van der Waals surface area contributed by atoms with E-state index in [1.165, 1.54) is 6.33 Å². The van der Waals surface area contributed by atoms with Gasteiger partial charge in [0.05, 0.1) is 19.0 Å². The van der Waals surface area contributed by atoms with Crippen LogP contribution >= 0.6 is 6.64 Å². The van der Waals surface area contributed by atoms with Gasteiger partial charge in [0.25, 0.3) is 6.64 Å². The monoisotopic (exact) mass is 344 g/mol. The van der Waals surface area contributed by atoms with E-state index in [1.807, 2.05) is 4.57 Å². The molecule has 11 heteroatoms. The Kier molecular flexibility index (Phi) is 4.40. The van der Waals surface area contributed by atoms with Gasteiger partial charge in [-0.25, -0.2) is 15.0 Å². The first-order valence-corrected chi connectivity index (χ1v) is 9.52. The maximum Gasteiger partial charge on any atom is 0.255 e. The third-order valence-corrected chi connectivity index (χ3v) is 4.37. The first-order chi connectivity index (χ1) is 10.4. The number of anilines is 1. The van der Waals surface area contributed by atoms with E-state index < -0.39 is 6.64 Å². The molecule has 0 spiro atoms. The molecule has 0 radical (unpaired) electrons. The zero-order valence-electron chi connectivity index (χ0n) is 11.7. The van der Waals surface area contributed by atoms with Crippen molar-refractivity contribution in [3.8, 4) is 0 Å². The minimum atomic E-state index is -3.09. The summed E-state index contributed by atoms with van der Waals surface area (Å²) in [6.45, 7) is -2.81. The molecule has 0 aromatic carbocycles. The molecule has 5 N–H and O–H groups in total. The standard InChI is InChI=1S/C11H17N6O3PS/c12-10-9-11(15-5-14-10)17(6-16-9)8-2-1-7(20-8)3-4-19-21(13,18)22/h5-8H,1-4H2,(H2,12,14,15)(H3,13,18,22)/t7-,8+,21?/m0/s1. The van der Waals surface area contributed by atoms with Gasteiger partial charge in [0.2, 0.25) is 0 Å². The van der Waals surface area contributed by atoms with Crippen molar-refractivity contribution in [1.29, 1.82) is 0 Å². The summed E-state index contributed by atoms with van der Waals surface area (Å²) in [6.07, 6.45) is 5.25. The minimum Gasteiger partial charge on any atom is -0.382 e. The fourth-order valence-electron chi connectivity index (χ4n) is 2.50. The number of hydrogen-bond acceptors (Lipinski definition) is 7. The summed E-state index contributed by atoms with van der Waals surface area (Å²) >= 11 is 4.62. The van der Waals surface area contributed by atoms with E-state index >= 15 is 0 Å². The number of aromatic nitrogens is 4. The number of rotatable bonds is 5. The zero-order valence-corrected chi connectivity index (χ0v) is 13.4. The highest BCUT2D eigenvalue weighted by Gasteiger charge is 2.28. The second-order valence-electron chi connectivity index (χ2n) is 5.06. The number of ether oxygens (including phenoxy) is 1. The van der Waals surface area contributed by atoms with Crippen LogP contribution in [0.4, 0.5) is 5.82 Å². The van der Waals surface area contributed by atoms with Crippen LogP contribution in [-0.2, 0) is 21.1 Å². The third kappa shape index (κ3) is 3.43. The normalized spacial score (nSPS) is 24.6. The Bertz CT molecular complexity index is 719. The fraction of sp³-hybridized carbons (Fsp3) is 0.545. The molecule has 3 rings (SSSR count). The predicted molar refractivity (Wildman–Crippen MR) is 84.1 cm³/mol. The molecular formula is C11H17N6O3PS. The Labute approximate surface area is 131 Å². The Morgan fingerprint density at radius 3 is 3.05 bits per heavy atom. The van der Waals surface area contributed by atoms with Gasteiger partial charge in [-0.15, -0.1) is 0 Å². The molecule has 2 aromatic heterocycles. The molecule has 22 heavy (non-hydrogen) atoms. The molecule has 0 bridgehead atoms. The molecule has 2 aromatic rings. The molecule has 0 aliphatic carbocycles. The van der Waals surface area contributed by atoms with E-state index in [0.29, 0.717) is 23.4 Å². The Hall–Kier alpha value is -1.16. The van der Waals surface area contributed by atoms with Crippen LogP contribution in [0.1, 0.15) is 25.5 Å². The van der Waals surface area contributed by atoms with Gasteiger partial charge in [-0.3, -0.25) is 10.1 Å². The van der Waals surface area contributed by atoms with E-state index in [9.17, 15) is 4.89 Å². The maximum absolute atomic E-state index is 9.24. The lowest BCUT2D eigenvalue weighted by atomic mass is 10.2. The Morgan fingerprint density at radius 2 is 2.27 bits per heavy atom. The summed E-state index contributed by atoms with van der Waals surface area (Å²) in [7, 11) is 0. The summed E-state index contributed by atoms with van der Waals surface area (Å²) < 4.78 is 12.8. The van der Waals surface area contributed by atoms with E-state index in [4.69, 9.17) is 20.5 Å². The van der Waals surface area contributed by atoms with E-state index in [2.05, 4.69) is 26.8 Å². The van der Waals surface area contributed by atoms with Crippen molar-refractivity contribution in [1.82, 2.24) is 19.5 Å². The molecule has 1 aliphatic heterocycles. The van der Waals surface area contributed by atoms with Gasteiger partial charge in [0.1, 0.15) is 18.1 Å². The first kappa shape index (κ1) is 15.7. The lowest BCUT2D eigenvalue weighted by molar-refractivity contribution is -0.00432. The molecule has 1 aliphatic rings. The van der Waals surface area contributed by atoms with E-state index in [1.54, 1.807) is 6.33 Å². The first-order valence-electron chi connectivity index (χ1n) is 6.78. The second kappa shape index (κ2) is 6.15. The minimum absolute atomic E-state index is 0.0168. The molecule has 1 fully saturated rings. The highest BCUT2D eigenvalue weighted by molar-refractivity contribution is 8.08. The van der Waals surface area contributed by atoms with Gasteiger partial charge in [-0.05, 0) is 31.1 Å². The summed E-state index contributed by atoms with van der Waals surface area (Å²) in [6, 6.07) is 0. The van der Waals surface area contributed by atoms with Gasteiger partial charge in [0.15, 0.2) is 11.5 Å². The van der Waals surface area contributed by atoms with Crippen LogP contribution in [0, 0.1) is 0 Å². The number of fused-ring (bicyclic) bond motifs is 1. The van der Waals surface area contributed by atoms with E-state index in [0.717, 1.165) is 12.8 Å². The van der Waals surface area contributed by atoms with E-state index in [-0.39, 0.29) is 18.9 Å². The molecular weight excluding hydrogens is 327 g/mol. The van der Waals surface area contributed by atoms with Crippen LogP contribution in [0.2, 0.25) is 0 Å². The molecule has 120 valence electrons. The maximum atomic E-state index is 9.24. The number of nitrogen functional groups attached to an aromatic ring is 1. The van der Waals surface area contributed by atoms with Crippen molar-refractivity contribution in [2.24, 2.45) is 5.50 Å². The number of nitrogens with zero attached hydrogens (tertiary/aromatic N) is 4. The van der Waals surface area contributed by atoms with Crippen LogP contribution in [0.15, 0.2) is 12.7 Å². The summed E-state index contributed by atoms with van der Waals surface area (Å²) in [5.74, 6) is 0.350. The molecule has 0 amide bonds. The predicted octanol–water partition coefficient (Wildman–Crippen LogP) is 0.668. The van der Waals surface area contributed by atoms with Crippen LogP contribution in [0.3, 0.4) is 0 Å². The quantitative estimate of drug-likeness (QED) is 0.669. The van der Waals surface area contributed by atoms with Crippen molar-refractivity contribution in [3.63, 3.8) is 0 Å². The van der Waals surface area contributed by atoms with Crippen LogP contribution in [0.25, 0.3) is 11.2 Å². The Balaban J connectivity index is 1.65. The van der Waals surface area contributed by atoms with Crippen molar-refractivity contribution in [2.45, 2.75) is 31.6 Å². The van der Waals surface area contributed by atoms with Crippen LogP contribution in [0.5, 0.6) is 0 Å². The lowest BCUT2D eigenvalue weighted by Crippen LogP contribution is -2.13. The van der Waals surface area contributed by atoms with Gasteiger partial charge >= 0.3 is 0 Å². The SMILES string of the molecule is Nc1ncnc2c1ncn2[C@H]1CC[C@@H](CCOP(N)(O)=S)O1. The van der Waals surface area contributed by atoms with Gasteiger partial charge in [0, 0.05) is 0 Å². The summed E-state index contributed by atoms with van der Waals surface area (Å²) in [5.41, 5.74) is 12.3. The largest absolute Gasteiger partial charge is 0.382 e. The number of nitrogens with two attached hydrogens (primary N) is 2. The summed E-state index contributed by atoms with van der Waals surface area (Å²) in [4.78, 5) is 21.6. The average molecular weight is 344 g/mol. The Morgan fingerprint density at radius 1 is 1.45 bits per heavy atom. The van der Waals surface area contributed by atoms with Gasteiger partial charge in [-0.1, -0.05) is 0 Å². The van der Waals surface area contributed by atoms with Crippen molar-refractivity contribution >= 4 is 35.4 Å². The van der Waals surface area contributed by atoms with Crippen molar-refractivity contribution < 1.29 is 14.2 Å². The van der Waals surface area contributed by atoms with Crippen LogP contribution in [-0.4, -0.2) is 37.1 Å². The highest BCUT2D eigenvalue weighted by Crippen LogP contribution is 2.35. The molecule has 9 nitrogen and oxygen atoms in total. The number of imidazole rings is 1. The molecule has 1 unspecified atom stereocenters. The van der Waals surface area contributed by atoms with Gasteiger partial charge in [-0.2, -0.15) is 0 Å². The smallest absolute Gasteiger partial charge is 0.255 e. The fourth-order valence-corrected chi connectivity index (χ4v) is 3.09. The third-order valence-electron chi connectivity index (χ3n) is 3.50. The van der Waals surface area contributed by atoms with Crippen LogP contribution < -0.4 is 11.2 Å². The number of hydrogen-bond donors (Lipinski definition) is 3. The molecule has 0 saturated carbocycles. The molecule has 1 saturated heterocycles. The summed E-state index contributed by atoms with van der Waals surface area (Å²) in [5, 5.41) is 0. The topological polar surface area (TPSA) is 134 Å². The molecule has 3 atom stereocenters.